The Morgan fingerprint density at radius 2 is 2.00 bits per heavy atom. The van der Waals surface area contributed by atoms with Crippen molar-refractivity contribution in [2.24, 2.45) is 0 Å². The number of rotatable bonds is 1. The third kappa shape index (κ3) is 1.16. The van der Waals surface area contributed by atoms with E-state index in [1.165, 1.54) is 0 Å². The Morgan fingerprint density at radius 1 is 1.25 bits per heavy atom. The largest absolute Gasteiger partial charge is 0.399 e. The molecule has 1 aromatic carbocycles. The second-order valence-electron chi connectivity index (χ2n) is 2.52. The standard InChI is InChI=1S/C9H8N3/c10-8-3-1-7(2-4-8)9-5-11-6-12-9/h1-5H,10H2,(H,11,12). The molecule has 0 amide bonds. The van der Waals surface area contributed by atoms with Crippen molar-refractivity contribution in [1.82, 2.24) is 9.97 Å². The van der Waals surface area contributed by atoms with E-state index in [-0.39, 0.29) is 0 Å². The molecule has 1 heterocycles. The van der Waals surface area contributed by atoms with Crippen molar-refractivity contribution in [3.05, 3.63) is 36.8 Å². The normalized spacial score (nSPS) is 10.0. The molecule has 0 fully saturated rings. The lowest BCUT2D eigenvalue weighted by Gasteiger charge is -1.95. The van der Waals surface area contributed by atoms with Crippen LogP contribution in [0.15, 0.2) is 30.5 Å². The fourth-order valence-corrected chi connectivity index (χ4v) is 1.03. The van der Waals surface area contributed by atoms with Gasteiger partial charge in [-0.3, -0.25) is 0 Å². The number of imidazole rings is 1. The smallest absolute Gasteiger partial charge is 0.174 e. The van der Waals surface area contributed by atoms with Crippen LogP contribution in [0.25, 0.3) is 11.3 Å². The van der Waals surface area contributed by atoms with Crippen LogP contribution in [-0.2, 0) is 0 Å². The van der Waals surface area contributed by atoms with Crippen molar-refractivity contribution in [3.8, 4) is 11.3 Å². The van der Waals surface area contributed by atoms with Gasteiger partial charge in [0.1, 0.15) is 0 Å². The maximum atomic E-state index is 5.54. The van der Waals surface area contributed by atoms with Gasteiger partial charge in [-0.15, -0.1) is 0 Å². The van der Waals surface area contributed by atoms with Crippen molar-refractivity contribution in [3.63, 3.8) is 0 Å². The molecular weight excluding hydrogens is 150 g/mol. The predicted octanol–water partition coefficient (Wildman–Crippen LogP) is 1.46. The minimum Gasteiger partial charge on any atom is -0.399 e. The lowest BCUT2D eigenvalue weighted by molar-refractivity contribution is 1.29. The molecule has 0 unspecified atom stereocenters. The van der Waals surface area contributed by atoms with Gasteiger partial charge in [0.15, 0.2) is 6.33 Å². The number of nitrogens with one attached hydrogen (secondary N) is 1. The third-order valence-corrected chi connectivity index (χ3v) is 1.66. The Bertz CT molecular complexity index is 348. The van der Waals surface area contributed by atoms with Gasteiger partial charge in [0.25, 0.3) is 0 Å². The topological polar surface area (TPSA) is 54.7 Å². The first-order valence-electron chi connectivity index (χ1n) is 3.63. The first-order valence-corrected chi connectivity index (χ1v) is 3.63. The van der Waals surface area contributed by atoms with E-state index in [2.05, 4.69) is 16.3 Å². The molecule has 0 aliphatic carbocycles. The minimum absolute atomic E-state index is 0.762. The lowest BCUT2D eigenvalue weighted by Crippen LogP contribution is -1.83. The van der Waals surface area contributed by atoms with Crippen LogP contribution in [-0.4, -0.2) is 9.97 Å². The summed E-state index contributed by atoms with van der Waals surface area (Å²) in [6.45, 7) is 0. The highest BCUT2D eigenvalue weighted by Crippen LogP contribution is 2.16. The number of aromatic amines is 1. The molecule has 1 radical (unpaired) electrons. The number of nitrogens with zero attached hydrogens (tertiary/aromatic N) is 1. The molecule has 3 N–H and O–H groups in total. The fraction of sp³-hybridized carbons (Fsp3) is 0. The molecule has 0 aliphatic rings. The molecule has 0 atom stereocenters. The summed E-state index contributed by atoms with van der Waals surface area (Å²) in [4.78, 5) is 6.77. The Morgan fingerprint density at radius 3 is 2.58 bits per heavy atom. The monoisotopic (exact) mass is 158 g/mol. The van der Waals surface area contributed by atoms with Crippen molar-refractivity contribution in [2.45, 2.75) is 0 Å². The molecular formula is C9H8N3. The first-order chi connectivity index (χ1) is 5.86. The van der Waals surface area contributed by atoms with Gasteiger partial charge in [-0.2, -0.15) is 0 Å². The first kappa shape index (κ1) is 6.91. The Labute approximate surface area is 70.3 Å². The van der Waals surface area contributed by atoms with E-state index in [9.17, 15) is 0 Å². The van der Waals surface area contributed by atoms with Gasteiger partial charge in [0.05, 0.1) is 5.69 Å². The van der Waals surface area contributed by atoms with Crippen LogP contribution in [0.5, 0.6) is 0 Å². The Kier molecular flexibility index (Phi) is 1.55. The van der Waals surface area contributed by atoms with E-state index in [0.29, 0.717) is 0 Å². The van der Waals surface area contributed by atoms with Gasteiger partial charge in [-0.1, -0.05) is 12.1 Å². The van der Waals surface area contributed by atoms with E-state index >= 15 is 0 Å². The molecule has 2 rings (SSSR count). The summed E-state index contributed by atoms with van der Waals surface area (Å²) < 4.78 is 0. The SMILES string of the molecule is Nc1ccc(-c2c[nH][c]n2)cc1. The number of nitrogens with two attached hydrogens (primary N) is 1. The summed E-state index contributed by atoms with van der Waals surface area (Å²) in [5, 5.41) is 0. The summed E-state index contributed by atoms with van der Waals surface area (Å²) in [7, 11) is 0. The molecule has 0 aliphatic heterocycles. The zero-order valence-corrected chi connectivity index (χ0v) is 6.41. The van der Waals surface area contributed by atoms with Crippen LogP contribution in [0.1, 0.15) is 0 Å². The summed E-state index contributed by atoms with van der Waals surface area (Å²) in [6.07, 6.45) is 4.43. The molecule has 0 bridgehead atoms. The van der Waals surface area contributed by atoms with E-state index < -0.39 is 0 Å². The molecule has 3 heteroatoms. The van der Waals surface area contributed by atoms with Crippen LogP contribution in [0.4, 0.5) is 5.69 Å². The zero-order chi connectivity index (χ0) is 8.39. The van der Waals surface area contributed by atoms with Gasteiger partial charge in [-0.25, -0.2) is 4.98 Å². The molecule has 2 aromatic rings. The van der Waals surface area contributed by atoms with Gasteiger partial charge in [0.2, 0.25) is 0 Å². The van der Waals surface area contributed by atoms with E-state index in [1.807, 2.05) is 24.3 Å². The Balaban J connectivity index is 2.43. The highest BCUT2D eigenvalue weighted by atomic mass is 14.9. The highest BCUT2D eigenvalue weighted by Gasteiger charge is 1.97. The maximum absolute atomic E-state index is 5.54. The maximum Gasteiger partial charge on any atom is 0.174 e. The molecule has 59 valence electrons. The van der Waals surface area contributed by atoms with E-state index in [4.69, 9.17) is 5.73 Å². The van der Waals surface area contributed by atoms with Crippen molar-refractivity contribution in [2.75, 3.05) is 5.73 Å². The molecule has 0 saturated carbocycles. The average Bonchev–Trinajstić information content (AvgIpc) is 2.58. The number of hydrogen-bond donors (Lipinski definition) is 2. The van der Waals surface area contributed by atoms with Crippen LogP contribution < -0.4 is 5.73 Å². The molecule has 0 saturated heterocycles. The number of nitrogen functional groups attached to an aromatic ring is 1. The van der Waals surface area contributed by atoms with Crippen LogP contribution in [0, 0.1) is 6.33 Å². The number of hydrogen-bond acceptors (Lipinski definition) is 2. The predicted molar refractivity (Wildman–Crippen MR) is 47.3 cm³/mol. The summed E-state index contributed by atoms with van der Waals surface area (Å²) in [6, 6.07) is 7.56. The average molecular weight is 158 g/mol. The van der Waals surface area contributed by atoms with Gasteiger partial charge >= 0.3 is 0 Å². The van der Waals surface area contributed by atoms with Crippen molar-refractivity contribution < 1.29 is 0 Å². The van der Waals surface area contributed by atoms with Gasteiger partial charge in [0, 0.05) is 17.4 Å². The van der Waals surface area contributed by atoms with Crippen LogP contribution >= 0.6 is 0 Å². The van der Waals surface area contributed by atoms with E-state index in [0.717, 1.165) is 16.9 Å². The second kappa shape index (κ2) is 2.70. The second-order valence-corrected chi connectivity index (χ2v) is 2.52. The fourth-order valence-electron chi connectivity index (χ4n) is 1.03. The number of benzene rings is 1. The van der Waals surface area contributed by atoms with Gasteiger partial charge < -0.3 is 10.7 Å². The Hall–Kier alpha value is -1.77. The minimum atomic E-state index is 0.762. The van der Waals surface area contributed by atoms with E-state index in [1.54, 1.807) is 6.20 Å². The third-order valence-electron chi connectivity index (χ3n) is 1.66. The van der Waals surface area contributed by atoms with Crippen molar-refractivity contribution in [1.29, 1.82) is 0 Å². The highest BCUT2D eigenvalue weighted by molar-refractivity contribution is 5.60. The summed E-state index contributed by atoms with van der Waals surface area (Å²) in [5.74, 6) is 0. The quantitative estimate of drug-likeness (QED) is 0.617. The number of H-pyrrole nitrogens is 1. The molecule has 3 nitrogen and oxygen atoms in total. The summed E-state index contributed by atoms with van der Waals surface area (Å²) >= 11 is 0. The van der Waals surface area contributed by atoms with Gasteiger partial charge in [-0.05, 0) is 12.1 Å². The summed E-state index contributed by atoms with van der Waals surface area (Å²) in [5.41, 5.74) is 8.23. The number of anilines is 1. The zero-order valence-electron chi connectivity index (χ0n) is 6.41. The molecule has 12 heavy (non-hydrogen) atoms. The molecule has 0 spiro atoms. The van der Waals surface area contributed by atoms with Crippen molar-refractivity contribution >= 4 is 5.69 Å². The van der Waals surface area contributed by atoms with Crippen LogP contribution in [0.2, 0.25) is 0 Å². The molecule has 1 aromatic heterocycles. The number of aromatic nitrogens is 2. The van der Waals surface area contributed by atoms with Crippen LogP contribution in [0.3, 0.4) is 0 Å². The lowest BCUT2D eigenvalue weighted by atomic mass is 10.1.